The fourth-order valence-corrected chi connectivity index (χ4v) is 2.08. The fourth-order valence-electron chi connectivity index (χ4n) is 2.01. The molecule has 0 aromatic rings. The Morgan fingerprint density at radius 3 is 2.62 bits per heavy atom. The highest BCUT2D eigenvalue weighted by Crippen LogP contribution is 2.16. The first kappa shape index (κ1) is 13.8. The van der Waals surface area contributed by atoms with E-state index in [0.29, 0.717) is 12.1 Å². The number of piperidine rings is 1. The molecule has 16 heavy (non-hydrogen) atoms. The van der Waals surface area contributed by atoms with Crippen molar-refractivity contribution in [2.45, 2.75) is 50.9 Å². The third-order valence-corrected chi connectivity index (χ3v) is 4.29. The van der Waals surface area contributed by atoms with Crippen LogP contribution in [0.1, 0.15) is 33.6 Å². The van der Waals surface area contributed by atoms with E-state index in [2.05, 4.69) is 36.8 Å². The highest BCUT2D eigenvalue weighted by Gasteiger charge is 2.26. The van der Waals surface area contributed by atoms with Crippen LogP contribution in [-0.2, 0) is 4.79 Å². The van der Waals surface area contributed by atoms with E-state index in [1.165, 1.54) is 0 Å². The van der Waals surface area contributed by atoms with Gasteiger partial charge in [-0.1, -0.05) is 13.8 Å². The Morgan fingerprint density at radius 1 is 1.50 bits per heavy atom. The molecule has 94 valence electrons. The van der Waals surface area contributed by atoms with Crippen LogP contribution in [0.2, 0.25) is 0 Å². The number of nitrogens with one attached hydrogen (secondary N) is 1. The van der Waals surface area contributed by atoms with Gasteiger partial charge in [-0.05, 0) is 32.7 Å². The molecule has 1 fully saturated rings. The molecule has 1 aliphatic rings. The third kappa shape index (κ3) is 3.67. The molecule has 0 aliphatic carbocycles. The maximum absolute atomic E-state index is 11.8. The fraction of sp³-hybridized carbons (Fsp3) is 0.917. The number of likely N-dealkylation sites (tertiary alicyclic amines) is 1. The number of hydrogen-bond acceptors (Lipinski definition) is 3. The molecular weight excluding hydrogens is 220 g/mol. The summed E-state index contributed by atoms with van der Waals surface area (Å²) < 4.78 is 0. The Balaban J connectivity index is 2.40. The Bertz CT molecular complexity index is 245. The van der Waals surface area contributed by atoms with Crippen molar-refractivity contribution in [1.29, 1.82) is 0 Å². The monoisotopic (exact) mass is 244 g/mol. The topological polar surface area (TPSA) is 32.3 Å². The first-order chi connectivity index (χ1) is 7.41. The quantitative estimate of drug-likeness (QED) is 0.738. The van der Waals surface area contributed by atoms with E-state index < -0.39 is 0 Å². The molecule has 1 rings (SSSR count). The van der Waals surface area contributed by atoms with E-state index in [4.69, 9.17) is 0 Å². The molecule has 1 heterocycles. The lowest BCUT2D eigenvalue weighted by Gasteiger charge is -2.35. The van der Waals surface area contributed by atoms with Gasteiger partial charge in [0.1, 0.15) is 0 Å². The minimum Gasteiger partial charge on any atom is -0.352 e. The van der Waals surface area contributed by atoms with E-state index in [1.54, 1.807) is 0 Å². The summed E-state index contributed by atoms with van der Waals surface area (Å²) in [6, 6.07) is 0.878. The minimum absolute atomic E-state index is 0.0834. The van der Waals surface area contributed by atoms with Crippen LogP contribution >= 0.6 is 12.6 Å². The molecule has 1 N–H and O–H groups in total. The lowest BCUT2D eigenvalue weighted by Crippen LogP contribution is -2.49. The molecule has 0 spiro atoms. The van der Waals surface area contributed by atoms with E-state index >= 15 is 0 Å². The van der Waals surface area contributed by atoms with Gasteiger partial charge >= 0.3 is 0 Å². The first-order valence-corrected chi connectivity index (χ1v) is 6.62. The van der Waals surface area contributed by atoms with Crippen LogP contribution < -0.4 is 5.32 Å². The number of carbonyl (C=O) groups is 1. The Hall–Kier alpha value is -0.220. The average Bonchev–Trinajstić information content (AvgIpc) is 2.22. The maximum Gasteiger partial charge on any atom is 0.233 e. The maximum atomic E-state index is 11.8. The van der Waals surface area contributed by atoms with Gasteiger partial charge < -0.3 is 10.2 Å². The van der Waals surface area contributed by atoms with Gasteiger partial charge in [0.15, 0.2) is 0 Å². The molecule has 0 aromatic heterocycles. The summed E-state index contributed by atoms with van der Waals surface area (Å²) in [5.41, 5.74) is 0. The summed E-state index contributed by atoms with van der Waals surface area (Å²) in [4.78, 5) is 14.2. The van der Waals surface area contributed by atoms with Crippen LogP contribution in [0, 0.1) is 5.92 Å². The second-order valence-electron chi connectivity index (χ2n) is 5.25. The molecule has 1 amide bonds. The van der Waals surface area contributed by atoms with E-state index in [1.807, 2.05) is 13.8 Å². The summed E-state index contributed by atoms with van der Waals surface area (Å²) in [5, 5.41) is 2.92. The minimum atomic E-state index is -0.185. The summed E-state index contributed by atoms with van der Waals surface area (Å²) >= 11 is 4.34. The zero-order valence-electron chi connectivity index (χ0n) is 10.7. The SMILES string of the molecule is CC(C)C(S)C(=O)NC1CCN(C)C(C)C1. The molecule has 1 aliphatic heterocycles. The predicted octanol–water partition coefficient (Wildman–Crippen LogP) is 1.54. The van der Waals surface area contributed by atoms with Crippen LogP contribution in [0.4, 0.5) is 0 Å². The second kappa shape index (κ2) is 5.92. The number of carbonyl (C=O) groups excluding carboxylic acids is 1. The molecule has 0 bridgehead atoms. The lowest BCUT2D eigenvalue weighted by molar-refractivity contribution is -0.122. The van der Waals surface area contributed by atoms with Crippen LogP contribution in [0.3, 0.4) is 0 Å². The molecule has 1 saturated heterocycles. The van der Waals surface area contributed by atoms with E-state index in [-0.39, 0.29) is 17.1 Å². The summed E-state index contributed by atoms with van der Waals surface area (Å²) in [5.74, 6) is 0.368. The van der Waals surface area contributed by atoms with Gasteiger partial charge in [0.25, 0.3) is 0 Å². The van der Waals surface area contributed by atoms with E-state index in [9.17, 15) is 4.79 Å². The van der Waals surface area contributed by atoms with Gasteiger partial charge in [-0.15, -0.1) is 0 Å². The highest BCUT2D eigenvalue weighted by atomic mass is 32.1. The average molecular weight is 244 g/mol. The number of amides is 1. The largest absolute Gasteiger partial charge is 0.352 e. The smallest absolute Gasteiger partial charge is 0.233 e. The normalized spacial score (nSPS) is 29.1. The second-order valence-corrected chi connectivity index (χ2v) is 5.80. The Morgan fingerprint density at radius 2 is 2.12 bits per heavy atom. The van der Waals surface area contributed by atoms with Crippen LogP contribution in [0.5, 0.6) is 0 Å². The van der Waals surface area contributed by atoms with E-state index in [0.717, 1.165) is 19.4 Å². The van der Waals surface area contributed by atoms with Crippen molar-refractivity contribution in [2.75, 3.05) is 13.6 Å². The number of rotatable bonds is 3. The molecule has 3 atom stereocenters. The lowest BCUT2D eigenvalue weighted by atomic mass is 9.98. The van der Waals surface area contributed by atoms with Gasteiger partial charge in [-0.2, -0.15) is 12.6 Å². The van der Waals surface area contributed by atoms with Crippen molar-refractivity contribution in [2.24, 2.45) is 5.92 Å². The Kier molecular flexibility index (Phi) is 5.12. The zero-order chi connectivity index (χ0) is 12.3. The molecule has 3 nitrogen and oxygen atoms in total. The van der Waals surface area contributed by atoms with Crippen LogP contribution in [-0.4, -0.2) is 41.7 Å². The van der Waals surface area contributed by atoms with Crippen molar-refractivity contribution in [3.63, 3.8) is 0 Å². The van der Waals surface area contributed by atoms with Gasteiger partial charge in [-0.25, -0.2) is 0 Å². The standard InChI is InChI=1S/C12H24N2OS/c1-8(2)11(16)12(15)13-10-5-6-14(4)9(3)7-10/h8-11,16H,5-7H2,1-4H3,(H,13,15). The van der Waals surface area contributed by atoms with Crippen molar-refractivity contribution >= 4 is 18.5 Å². The molecule has 0 saturated carbocycles. The molecule has 4 heteroatoms. The third-order valence-electron chi connectivity index (χ3n) is 3.45. The summed E-state index contributed by atoms with van der Waals surface area (Å²) in [7, 11) is 2.14. The zero-order valence-corrected chi connectivity index (χ0v) is 11.6. The van der Waals surface area contributed by atoms with Gasteiger partial charge in [0, 0.05) is 18.6 Å². The van der Waals surface area contributed by atoms with Crippen molar-refractivity contribution in [3.05, 3.63) is 0 Å². The van der Waals surface area contributed by atoms with Crippen molar-refractivity contribution in [3.8, 4) is 0 Å². The summed E-state index contributed by atoms with van der Waals surface area (Å²) in [6.07, 6.45) is 2.09. The van der Waals surface area contributed by atoms with Crippen LogP contribution in [0.15, 0.2) is 0 Å². The molecule has 0 radical (unpaired) electrons. The molecule has 0 aromatic carbocycles. The van der Waals surface area contributed by atoms with Gasteiger partial charge in [-0.3, -0.25) is 4.79 Å². The van der Waals surface area contributed by atoms with Gasteiger partial charge in [0.2, 0.25) is 5.91 Å². The van der Waals surface area contributed by atoms with Crippen molar-refractivity contribution in [1.82, 2.24) is 10.2 Å². The predicted molar refractivity (Wildman–Crippen MR) is 70.9 cm³/mol. The number of hydrogen-bond donors (Lipinski definition) is 2. The molecular formula is C12H24N2OS. The number of nitrogens with zero attached hydrogens (tertiary/aromatic N) is 1. The number of thiol groups is 1. The Labute approximate surface area is 104 Å². The summed E-state index contributed by atoms with van der Waals surface area (Å²) in [6.45, 7) is 7.31. The molecule has 3 unspecified atom stereocenters. The van der Waals surface area contributed by atoms with Crippen LogP contribution in [0.25, 0.3) is 0 Å². The van der Waals surface area contributed by atoms with Gasteiger partial charge in [0.05, 0.1) is 5.25 Å². The highest BCUT2D eigenvalue weighted by molar-refractivity contribution is 7.81. The first-order valence-electron chi connectivity index (χ1n) is 6.10. The van der Waals surface area contributed by atoms with Crippen molar-refractivity contribution < 1.29 is 4.79 Å².